The zero-order valence-electron chi connectivity index (χ0n) is 19.6. The molecule has 0 saturated carbocycles. The van der Waals surface area contributed by atoms with Crippen LogP contribution in [0.2, 0.25) is 0 Å². The number of benzene rings is 1. The Hall–Kier alpha value is -2.49. The van der Waals surface area contributed by atoms with E-state index in [-0.39, 0.29) is 59.5 Å². The molecular weight excluding hydrogens is 398 g/mol. The van der Waals surface area contributed by atoms with Gasteiger partial charge in [-0.25, -0.2) is 0 Å². The van der Waals surface area contributed by atoms with E-state index < -0.39 is 5.41 Å². The maximum Gasteiger partial charge on any atom is 0.235 e. The molecule has 1 aromatic rings. The van der Waals surface area contributed by atoms with E-state index in [9.17, 15) is 14.4 Å². The minimum atomic E-state index is -1.09. The largest absolute Gasteiger partial charge is 0.352 e. The van der Waals surface area contributed by atoms with Crippen LogP contribution < -0.4 is 5.32 Å². The van der Waals surface area contributed by atoms with Crippen LogP contribution >= 0.6 is 0 Å². The second-order valence-corrected chi connectivity index (χ2v) is 10.2. The van der Waals surface area contributed by atoms with E-state index >= 15 is 0 Å². The van der Waals surface area contributed by atoms with Crippen LogP contribution in [0.1, 0.15) is 52.5 Å². The number of Topliss-reactive ketones (excluding diaryl/α,β-unsaturated/α-hetero) is 2. The van der Waals surface area contributed by atoms with Crippen molar-refractivity contribution >= 4 is 17.5 Å². The zero-order valence-corrected chi connectivity index (χ0v) is 19.6. The lowest BCUT2D eigenvalue weighted by Crippen LogP contribution is -2.52. The highest BCUT2D eigenvalue weighted by atomic mass is 16.2. The molecule has 1 N–H and O–H groups in total. The summed E-state index contributed by atoms with van der Waals surface area (Å²) in [4.78, 5) is 40.4. The highest BCUT2D eigenvalue weighted by Crippen LogP contribution is 2.55. The maximum atomic E-state index is 13.9. The van der Waals surface area contributed by atoms with Crippen LogP contribution in [-0.4, -0.2) is 23.5 Å². The summed E-state index contributed by atoms with van der Waals surface area (Å²) in [5.74, 6) is -0.425. The van der Waals surface area contributed by atoms with E-state index in [4.69, 9.17) is 0 Å². The number of hydrogen-bond donors (Lipinski definition) is 1. The van der Waals surface area contributed by atoms with Crippen molar-refractivity contribution in [1.29, 1.82) is 0 Å². The van der Waals surface area contributed by atoms with E-state index in [1.54, 1.807) is 0 Å². The Balaban J connectivity index is 1.79. The van der Waals surface area contributed by atoms with Crippen molar-refractivity contribution < 1.29 is 14.4 Å². The predicted molar refractivity (Wildman–Crippen MR) is 126 cm³/mol. The van der Waals surface area contributed by atoms with Gasteiger partial charge in [-0.2, -0.15) is 0 Å². The summed E-state index contributed by atoms with van der Waals surface area (Å²) >= 11 is 0. The van der Waals surface area contributed by atoms with Crippen molar-refractivity contribution in [3.05, 3.63) is 59.7 Å². The number of rotatable bonds is 2. The number of hydrogen-bond acceptors (Lipinski definition) is 3. The first kappa shape index (κ1) is 22.7. The average molecular weight is 434 g/mol. The summed E-state index contributed by atoms with van der Waals surface area (Å²) in [7, 11) is 0. The highest BCUT2D eigenvalue weighted by Gasteiger charge is 2.64. The molecule has 7 unspecified atom stereocenters. The summed E-state index contributed by atoms with van der Waals surface area (Å²) < 4.78 is 0. The monoisotopic (exact) mass is 433 g/mol. The molecule has 1 spiro atoms. The van der Waals surface area contributed by atoms with Crippen LogP contribution in [0.5, 0.6) is 0 Å². The fourth-order valence-corrected chi connectivity index (χ4v) is 6.29. The number of amides is 1. The first-order chi connectivity index (χ1) is 15.3. The third-order valence-corrected chi connectivity index (χ3v) is 8.25. The minimum absolute atomic E-state index is 0.00462. The third kappa shape index (κ3) is 3.68. The standard InChI is InChI=1S/C28H35NO3/c1-17-9-8-12-22-15-19(3)20(4)25-23(16-21-10-6-5-7-11-21)29-27(32)28(22,25)24(30)14-13-18(2)26(17)31/h5-8,10-12,15,17-18,20,22-23,25H,9,13-14,16H2,1-4H3,(H,29,32). The van der Waals surface area contributed by atoms with Crippen molar-refractivity contribution in [3.8, 4) is 0 Å². The number of ketones is 2. The van der Waals surface area contributed by atoms with Gasteiger partial charge in [-0.1, -0.05) is 74.9 Å². The van der Waals surface area contributed by atoms with Crippen LogP contribution in [0, 0.1) is 35.0 Å². The summed E-state index contributed by atoms with van der Waals surface area (Å²) in [6, 6.07) is 10.1. The van der Waals surface area contributed by atoms with Gasteiger partial charge in [-0.3, -0.25) is 14.4 Å². The second kappa shape index (κ2) is 8.80. The number of carbonyl (C=O) groups is 3. The first-order valence-electron chi connectivity index (χ1n) is 12.0. The van der Waals surface area contributed by atoms with Crippen molar-refractivity contribution in [3.63, 3.8) is 0 Å². The maximum absolute atomic E-state index is 13.9. The molecule has 2 aliphatic carbocycles. The predicted octanol–water partition coefficient (Wildman–Crippen LogP) is 4.69. The number of nitrogens with one attached hydrogen (secondary N) is 1. The SMILES string of the molecule is CC1=CC2C=CCC(C)C(=O)C(C)CCC(=O)C23C(=O)NC(Cc2ccccc2)C3C1C. The van der Waals surface area contributed by atoms with Crippen molar-refractivity contribution in [1.82, 2.24) is 5.32 Å². The Kier molecular flexibility index (Phi) is 6.24. The van der Waals surface area contributed by atoms with Crippen LogP contribution in [0.3, 0.4) is 0 Å². The molecule has 1 aliphatic heterocycles. The van der Waals surface area contributed by atoms with Gasteiger partial charge >= 0.3 is 0 Å². The van der Waals surface area contributed by atoms with Gasteiger partial charge < -0.3 is 5.32 Å². The number of carbonyl (C=O) groups excluding carboxylic acids is 3. The quantitative estimate of drug-likeness (QED) is 0.543. The van der Waals surface area contributed by atoms with E-state index in [1.165, 1.54) is 11.1 Å². The second-order valence-electron chi connectivity index (χ2n) is 10.2. The average Bonchev–Trinajstić information content (AvgIpc) is 3.07. The molecule has 32 heavy (non-hydrogen) atoms. The summed E-state index contributed by atoms with van der Waals surface area (Å²) in [5.41, 5.74) is 1.30. The molecule has 1 amide bonds. The summed E-state index contributed by atoms with van der Waals surface area (Å²) in [6.45, 7) is 8.15. The molecule has 1 fully saturated rings. The molecule has 4 heteroatoms. The Labute approximate surface area is 191 Å². The Morgan fingerprint density at radius 1 is 1.03 bits per heavy atom. The normalized spacial score (nSPS) is 37.8. The lowest BCUT2D eigenvalue weighted by atomic mass is 9.54. The molecule has 4 rings (SSSR count). The molecular formula is C28H35NO3. The van der Waals surface area contributed by atoms with E-state index in [1.807, 2.05) is 44.2 Å². The van der Waals surface area contributed by atoms with Gasteiger partial charge in [0.15, 0.2) is 0 Å². The van der Waals surface area contributed by atoms with Gasteiger partial charge in [0.1, 0.15) is 17.0 Å². The molecule has 7 atom stereocenters. The smallest absolute Gasteiger partial charge is 0.235 e. The van der Waals surface area contributed by atoms with Crippen molar-refractivity contribution in [2.45, 2.75) is 59.4 Å². The topological polar surface area (TPSA) is 63.2 Å². The van der Waals surface area contributed by atoms with Gasteiger partial charge in [0, 0.05) is 36.1 Å². The third-order valence-electron chi connectivity index (χ3n) is 8.25. The molecule has 170 valence electrons. The molecule has 0 radical (unpaired) electrons. The fraction of sp³-hybridized carbons (Fsp3) is 0.536. The van der Waals surface area contributed by atoms with Gasteiger partial charge in [-0.15, -0.1) is 0 Å². The lowest BCUT2D eigenvalue weighted by molar-refractivity contribution is -0.145. The Morgan fingerprint density at radius 2 is 1.75 bits per heavy atom. The first-order valence-corrected chi connectivity index (χ1v) is 12.0. The highest BCUT2D eigenvalue weighted by molar-refractivity contribution is 6.09. The zero-order chi connectivity index (χ0) is 23.0. The van der Waals surface area contributed by atoms with E-state index in [0.717, 1.165) is 0 Å². The molecule has 1 heterocycles. The Bertz CT molecular complexity index is 962. The molecule has 0 bridgehead atoms. The van der Waals surface area contributed by atoms with E-state index in [2.05, 4.69) is 37.4 Å². The van der Waals surface area contributed by atoms with Crippen LogP contribution in [-0.2, 0) is 20.8 Å². The van der Waals surface area contributed by atoms with Gasteiger partial charge in [-0.05, 0) is 37.7 Å². The van der Waals surface area contributed by atoms with Crippen LogP contribution in [0.25, 0.3) is 0 Å². The molecule has 1 aromatic carbocycles. The summed E-state index contributed by atoms with van der Waals surface area (Å²) in [5, 5.41) is 3.25. The van der Waals surface area contributed by atoms with Crippen LogP contribution in [0.15, 0.2) is 54.1 Å². The van der Waals surface area contributed by atoms with Gasteiger partial charge in [0.2, 0.25) is 5.91 Å². The van der Waals surface area contributed by atoms with Crippen molar-refractivity contribution in [2.24, 2.45) is 35.0 Å². The van der Waals surface area contributed by atoms with Gasteiger partial charge in [0.25, 0.3) is 0 Å². The Morgan fingerprint density at radius 3 is 2.47 bits per heavy atom. The number of allylic oxidation sites excluding steroid dienone is 4. The van der Waals surface area contributed by atoms with Crippen molar-refractivity contribution in [2.75, 3.05) is 0 Å². The molecule has 1 saturated heterocycles. The minimum Gasteiger partial charge on any atom is -0.352 e. The molecule has 0 aromatic heterocycles. The van der Waals surface area contributed by atoms with Crippen LogP contribution in [0.4, 0.5) is 0 Å². The molecule has 3 aliphatic rings. The lowest BCUT2D eigenvalue weighted by Gasteiger charge is -2.44. The van der Waals surface area contributed by atoms with Gasteiger partial charge in [0.05, 0.1) is 0 Å². The van der Waals surface area contributed by atoms with E-state index in [0.29, 0.717) is 19.3 Å². The summed E-state index contributed by atoms with van der Waals surface area (Å²) in [6.07, 6.45) is 8.33. The molecule has 4 nitrogen and oxygen atoms in total. The fourth-order valence-electron chi connectivity index (χ4n) is 6.29.